The van der Waals surface area contributed by atoms with Gasteiger partial charge in [-0.15, -0.1) is 0 Å². The molecule has 0 N–H and O–H groups in total. The molecule has 0 aromatic rings. The van der Waals surface area contributed by atoms with Crippen LogP contribution in [0.5, 0.6) is 0 Å². The summed E-state index contributed by atoms with van der Waals surface area (Å²) in [5, 5.41) is 0. The van der Waals surface area contributed by atoms with E-state index in [1.54, 1.807) is 0 Å². The predicted octanol–water partition coefficient (Wildman–Crippen LogP) is 4.57. The summed E-state index contributed by atoms with van der Waals surface area (Å²) in [6.45, 7) is 6.63. The van der Waals surface area contributed by atoms with Crippen molar-refractivity contribution < 1.29 is 8.78 Å². The average Bonchev–Trinajstić information content (AvgIpc) is 2.30. The Kier molecular flexibility index (Phi) is 6.54. The molecule has 0 aliphatic heterocycles. The zero-order valence-corrected chi connectivity index (χ0v) is 12.2. The molecule has 108 valence electrons. The van der Waals surface area contributed by atoms with Gasteiger partial charge in [0.1, 0.15) is 0 Å². The molecule has 1 aliphatic carbocycles. The quantitative estimate of drug-likeness (QED) is 0.649. The molecule has 0 bridgehead atoms. The Morgan fingerprint density at radius 1 is 1.22 bits per heavy atom. The van der Waals surface area contributed by atoms with E-state index in [2.05, 4.69) is 25.8 Å². The molecule has 1 nitrogen and oxygen atoms in total. The Morgan fingerprint density at radius 3 is 2.39 bits per heavy atom. The summed E-state index contributed by atoms with van der Waals surface area (Å²) in [4.78, 5) is 2.33. The van der Waals surface area contributed by atoms with Gasteiger partial charge in [-0.2, -0.15) is 0 Å². The third-order valence-electron chi connectivity index (χ3n) is 4.19. The van der Waals surface area contributed by atoms with Crippen molar-refractivity contribution in [3.63, 3.8) is 0 Å². The van der Waals surface area contributed by atoms with Crippen LogP contribution in [0.25, 0.3) is 0 Å². The van der Waals surface area contributed by atoms with Crippen LogP contribution >= 0.6 is 0 Å². The third kappa shape index (κ3) is 6.12. The van der Waals surface area contributed by atoms with Crippen molar-refractivity contribution >= 4 is 0 Å². The minimum absolute atomic E-state index is 0.0950. The minimum Gasteiger partial charge on any atom is -0.306 e. The Morgan fingerprint density at radius 2 is 1.83 bits per heavy atom. The van der Waals surface area contributed by atoms with E-state index < -0.39 is 5.92 Å². The second-order valence-electron chi connectivity index (χ2n) is 6.24. The van der Waals surface area contributed by atoms with E-state index in [1.165, 1.54) is 19.3 Å². The molecule has 1 unspecified atom stereocenters. The Balaban J connectivity index is 2.15. The van der Waals surface area contributed by atoms with Gasteiger partial charge in [0.05, 0.1) is 0 Å². The van der Waals surface area contributed by atoms with Crippen LogP contribution < -0.4 is 0 Å². The molecular formula is C15H29F2N. The highest BCUT2D eigenvalue weighted by Crippen LogP contribution is 2.36. The molecule has 0 aromatic carbocycles. The number of rotatable bonds is 7. The van der Waals surface area contributed by atoms with Crippen LogP contribution in [0.2, 0.25) is 0 Å². The summed E-state index contributed by atoms with van der Waals surface area (Å²) in [5.41, 5.74) is 0. The van der Waals surface area contributed by atoms with Gasteiger partial charge in [0.25, 0.3) is 0 Å². The molecule has 1 atom stereocenters. The Hall–Kier alpha value is -0.180. The summed E-state index contributed by atoms with van der Waals surface area (Å²) >= 11 is 0. The van der Waals surface area contributed by atoms with E-state index in [1.807, 2.05) is 0 Å². The second kappa shape index (κ2) is 7.42. The maximum atomic E-state index is 13.0. The highest BCUT2D eigenvalue weighted by Gasteiger charge is 2.34. The molecule has 1 saturated carbocycles. The number of nitrogens with zero attached hydrogens (tertiary/aromatic N) is 1. The highest BCUT2D eigenvalue weighted by molar-refractivity contribution is 4.79. The van der Waals surface area contributed by atoms with Crippen molar-refractivity contribution in [1.82, 2.24) is 4.90 Å². The first kappa shape index (κ1) is 15.9. The van der Waals surface area contributed by atoms with Crippen molar-refractivity contribution in [1.29, 1.82) is 0 Å². The largest absolute Gasteiger partial charge is 0.306 e. The third-order valence-corrected chi connectivity index (χ3v) is 4.19. The maximum absolute atomic E-state index is 13.0. The smallest absolute Gasteiger partial charge is 0.248 e. The van der Waals surface area contributed by atoms with Gasteiger partial charge >= 0.3 is 0 Å². The van der Waals surface area contributed by atoms with Crippen molar-refractivity contribution in [2.45, 2.75) is 64.7 Å². The number of hydrogen-bond acceptors (Lipinski definition) is 1. The fraction of sp³-hybridized carbons (Fsp3) is 1.00. The SMILES string of the molecule is CCCC(C)CCN(C)CC1CCC(F)(F)CC1. The van der Waals surface area contributed by atoms with E-state index in [4.69, 9.17) is 0 Å². The van der Waals surface area contributed by atoms with Gasteiger partial charge in [0.15, 0.2) is 0 Å². The van der Waals surface area contributed by atoms with Crippen molar-refractivity contribution in [2.24, 2.45) is 11.8 Å². The molecule has 0 amide bonds. The van der Waals surface area contributed by atoms with Crippen molar-refractivity contribution in [2.75, 3.05) is 20.1 Å². The molecule has 1 rings (SSSR count). The van der Waals surface area contributed by atoms with Crippen molar-refractivity contribution in [3.05, 3.63) is 0 Å². The van der Waals surface area contributed by atoms with Crippen LogP contribution in [0.3, 0.4) is 0 Å². The van der Waals surface area contributed by atoms with Crippen LogP contribution in [0.15, 0.2) is 0 Å². The number of alkyl halides is 2. The molecule has 0 spiro atoms. The van der Waals surface area contributed by atoms with Crippen LogP contribution in [0, 0.1) is 11.8 Å². The molecule has 0 saturated heterocycles. The number of halogens is 2. The van der Waals surface area contributed by atoms with Gasteiger partial charge in [-0.3, -0.25) is 0 Å². The maximum Gasteiger partial charge on any atom is 0.248 e. The van der Waals surface area contributed by atoms with Crippen LogP contribution in [-0.4, -0.2) is 31.0 Å². The number of hydrogen-bond donors (Lipinski definition) is 0. The van der Waals surface area contributed by atoms with E-state index in [9.17, 15) is 8.78 Å². The van der Waals surface area contributed by atoms with Gasteiger partial charge in [0.2, 0.25) is 5.92 Å². The molecule has 18 heavy (non-hydrogen) atoms. The van der Waals surface area contributed by atoms with Gasteiger partial charge in [-0.1, -0.05) is 26.7 Å². The van der Waals surface area contributed by atoms with Crippen molar-refractivity contribution in [3.8, 4) is 0 Å². The van der Waals surface area contributed by atoms with Gasteiger partial charge in [-0.05, 0) is 44.7 Å². The predicted molar refractivity (Wildman–Crippen MR) is 73.1 cm³/mol. The first-order valence-corrected chi connectivity index (χ1v) is 7.49. The fourth-order valence-corrected chi connectivity index (χ4v) is 2.89. The fourth-order valence-electron chi connectivity index (χ4n) is 2.89. The van der Waals surface area contributed by atoms with Gasteiger partial charge in [-0.25, -0.2) is 8.78 Å². The van der Waals surface area contributed by atoms with E-state index >= 15 is 0 Å². The molecule has 1 aliphatic rings. The lowest BCUT2D eigenvalue weighted by Crippen LogP contribution is -2.32. The topological polar surface area (TPSA) is 3.24 Å². The van der Waals surface area contributed by atoms with Crippen LogP contribution in [0.1, 0.15) is 58.8 Å². The summed E-state index contributed by atoms with van der Waals surface area (Å²) in [7, 11) is 2.13. The van der Waals surface area contributed by atoms with E-state index in [-0.39, 0.29) is 12.8 Å². The molecule has 1 fully saturated rings. The zero-order valence-electron chi connectivity index (χ0n) is 12.2. The van der Waals surface area contributed by atoms with Gasteiger partial charge < -0.3 is 4.90 Å². The van der Waals surface area contributed by atoms with Gasteiger partial charge in [0, 0.05) is 19.4 Å². The van der Waals surface area contributed by atoms with E-state index in [0.29, 0.717) is 18.8 Å². The van der Waals surface area contributed by atoms with Crippen LogP contribution in [-0.2, 0) is 0 Å². The Labute approximate surface area is 111 Å². The summed E-state index contributed by atoms with van der Waals surface area (Å²) in [6, 6.07) is 0. The minimum atomic E-state index is -2.38. The summed E-state index contributed by atoms with van der Waals surface area (Å²) < 4.78 is 26.1. The summed E-state index contributed by atoms with van der Waals surface area (Å²) in [5.74, 6) is -1.12. The van der Waals surface area contributed by atoms with E-state index in [0.717, 1.165) is 19.0 Å². The standard InChI is InChI=1S/C15H29F2N/c1-4-5-13(2)8-11-18(3)12-14-6-9-15(16,17)10-7-14/h13-14H,4-12H2,1-3H3. The molecule has 0 radical (unpaired) electrons. The Bertz CT molecular complexity index is 221. The lowest BCUT2D eigenvalue weighted by molar-refractivity contribution is -0.0483. The molecular weight excluding hydrogens is 232 g/mol. The molecule has 0 aromatic heterocycles. The summed E-state index contributed by atoms with van der Waals surface area (Å²) in [6.07, 6.45) is 5.36. The first-order chi connectivity index (χ1) is 8.43. The lowest BCUT2D eigenvalue weighted by Gasteiger charge is -2.31. The monoisotopic (exact) mass is 261 g/mol. The van der Waals surface area contributed by atoms with Crippen LogP contribution in [0.4, 0.5) is 8.78 Å². The highest BCUT2D eigenvalue weighted by atomic mass is 19.3. The average molecular weight is 261 g/mol. The second-order valence-corrected chi connectivity index (χ2v) is 6.24. The first-order valence-electron chi connectivity index (χ1n) is 7.49. The normalized spacial score (nSPS) is 22.3. The lowest BCUT2D eigenvalue weighted by atomic mass is 9.86. The molecule has 0 heterocycles. The zero-order chi connectivity index (χ0) is 13.6. The molecule has 3 heteroatoms.